The van der Waals surface area contributed by atoms with Crippen molar-refractivity contribution >= 4 is 17.5 Å². The molecule has 0 bridgehead atoms. The molecular formula is C22H22N2O3S. The van der Waals surface area contributed by atoms with Crippen LogP contribution in [-0.2, 0) is 0 Å². The number of thioether (sulfide) groups is 1. The molecule has 0 saturated heterocycles. The Morgan fingerprint density at radius 1 is 1.11 bits per heavy atom. The normalized spacial score (nSPS) is 10.7. The number of rotatable bonds is 6. The van der Waals surface area contributed by atoms with Crippen LogP contribution in [-0.4, -0.2) is 28.2 Å². The zero-order valence-electron chi connectivity index (χ0n) is 16.4. The summed E-state index contributed by atoms with van der Waals surface area (Å²) in [6.45, 7) is 5.82. The van der Waals surface area contributed by atoms with Gasteiger partial charge in [0.25, 0.3) is 5.56 Å². The van der Waals surface area contributed by atoms with Crippen LogP contribution in [0.2, 0.25) is 0 Å². The number of ether oxygens (including phenoxy) is 1. The molecule has 144 valence electrons. The molecule has 5 nitrogen and oxygen atoms in total. The third kappa shape index (κ3) is 4.17. The van der Waals surface area contributed by atoms with E-state index in [1.807, 2.05) is 57.2 Å². The summed E-state index contributed by atoms with van der Waals surface area (Å²) in [6.07, 6.45) is 3.17. The smallest absolute Gasteiger partial charge is 0.287 e. The number of aryl methyl sites for hydroxylation is 3. The van der Waals surface area contributed by atoms with Gasteiger partial charge in [-0.05, 0) is 50.1 Å². The van der Waals surface area contributed by atoms with Gasteiger partial charge in [-0.2, -0.15) is 0 Å². The fraction of sp³-hybridized carbons (Fsp3) is 0.227. The lowest BCUT2D eigenvalue weighted by molar-refractivity contribution is 0.102. The van der Waals surface area contributed by atoms with Crippen molar-refractivity contribution < 1.29 is 9.53 Å². The molecule has 0 aliphatic heterocycles. The highest BCUT2D eigenvalue weighted by Gasteiger charge is 2.15. The van der Waals surface area contributed by atoms with E-state index in [1.54, 1.807) is 19.5 Å². The van der Waals surface area contributed by atoms with E-state index in [0.29, 0.717) is 17.0 Å². The van der Waals surface area contributed by atoms with E-state index < -0.39 is 0 Å². The largest absolute Gasteiger partial charge is 0.495 e. The Morgan fingerprint density at radius 2 is 1.82 bits per heavy atom. The minimum absolute atomic E-state index is 0.0176. The summed E-state index contributed by atoms with van der Waals surface area (Å²) in [5.41, 5.74) is 4.04. The van der Waals surface area contributed by atoms with Gasteiger partial charge in [0, 0.05) is 18.0 Å². The van der Waals surface area contributed by atoms with Gasteiger partial charge in [0.2, 0.25) is 0 Å². The number of aromatic nitrogens is 2. The molecule has 3 aromatic rings. The van der Waals surface area contributed by atoms with Gasteiger partial charge in [0.05, 0.1) is 18.6 Å². The SMILES string of the molecule is COc1ccc(C)cc1-n1ccnc(SCC(=O)c2cc(C)ccc2C)c1=O. The molecule has 0 amide bonds. The molecule has 0 radical (unpaired) electrons. The van der Waals surface area contributed by atoms with Crippen molar-refractivity contribution in [2.75, 3.05) is 12.9 Å². The average Bonchev–Trinajstić information content (AvgIpc) is 2.68. The van der Waals surface area contributed by atoms with Gasteiger partial charge in [-0.3, -0.25) is 14.2 Å². The van der Waals surface area contributed by atoms with E-state index in [2.05, 4.69) is 4.98 Å². The molecule has 0 aliphatic carbocycles. The van der Waals surface area contributed by atoms with Crippen molar-refractivity contribution in [1.82, 2.24) is 9.55 Å². The minimum atomic E-state index is -0.273. The third-order valence-corrected chi connectivity index (χ3v) is 5.40. The maximum atomic E-state index is 12.9. The first-order valence-electron chi connectivity index (χ1n) is 8.86. The Bertz CT molecular complexity index is 1090. The molecule has 2 aromatic carbocycles. The predicted octanol–water partition coefficient (Wildman–Crippen LogP) is 4.14. The maximum absolute atomic E-state index is 12.9. The summed E-state index contributed by atoms with van der Waals surface area (Å²) in [5, 5.41) is 0.282. The van der Waals surface area contributed by atoms with Crippen LogP contribution in [0.25, 0.3) is 5.69 Å². The number of carbonyl (C=O) groups is 1. The number of hydrogen-bond donors (Lipinski definition) is 0. The summed E-state index contributed by atoms with van der Waals surface area (Å²) in [4.78, 5) is 29.7. The summed E-state index contributed by atoms with van der Waals surface area (Å²) in [7, 11) is 1.57. The highest BCUT2D eigenvalue weighted by atomic mass is 32.2. The van der Waals surface area contributed by atoms with Crippen LogP contribution in [0.15, 0.2) is 58.6 Å². The van der Waals surface area contributed by atoms with Crippen molar-refractivity contribution in [1.29, 1.82) is 0 Å². The average molecular weight is 394 g/mol. The van der Waals surface area contributed by atoms with Gasteiger partial charge in [-0.15, -0.1) is 0 Å². The quantitative estimate of drug-likeness (QED) is 0.464. The van der Waals surface area contributed by atoms with Crippen molar-refractivity contribution in [3.05, 3.63) is 81.4 Å². The van der Waals surface area contributed by atoms with Crippen LogP contribution in [0, 0.1) is 20.8 Å². The molecule has 28 heavy (non-hydrogen) atoms. The van der Waals surface area contributed by atoms with Gasteiger partial charge >= 0.3 is 0 Å². The Labute approximate surface area is 168 Å². The summed E-state index contributed by atoms with van der Waals surface area (Å²) in [6, 6.07) is 11.4. The lowest BCUT2D eigenvalue weighted by Gasteiger charge is -2.12. The number of nitrogens with zero attached hydrogens (tertiary/aromatic N) is 2. The number of carbonyl (C=O) groups excluding carboxylic acids is 1. The molecule has 0 aliphatic rings. The predicted molar refractivity (Wildman–Crippen MR) is 112 cm³/mol. The van der Waals surface area contributed by atoms with Crippen molar-refractivity contribution in [2.45, 2.75) is 25.8 Å². The van der Waals surface area contributed by atoms with E-state index in [4.69, 9.17) is 4.74 Å². The fourth-order valence-corrected chi connectivity index (χ4v) is 3.70. The topological polar surface area (TPSA) is 61.2 Å². The van der Waals surface area contributed by atoms with Gasteiger partial charge in [-0.25, -0.2) is 4.98 Å². The zero-order valence-corrected chi connectivity index (χ0v) is 17.2. The first-order valence-corrected chi connectivity index (χ1v) is 9.85. The maximum Gasteiger partial charge on any atom is 0.287 e. The van der Waals surface area contributed by atoms with Crippen LogP contribution in [0.1, 0.15) is 27.0 Å². The molecule has 0 spiro atoms. The Kier molecular flexibility index (Phi) is 5.99. The molecule has 0 N–H and O–H groups in total. The molecule has 0 fully saturated rings. The van der Waals surface area contributed by atoms with Gasteiger partial charge in [0.1, 0.15) is 5.75 Å². The van der Waals surface area contributed by atoms with E-state index in [-0.39, 0.29) is 22.1 Å². The number of methoxy groups -OCH3 is 1. The fourth-order valence-electron chi connectivity index (χ4n) is 2.92. The second-order valence-electron chi connectivity index (χ2n) is 6.61. The highest BCUT2D eigenvalue weighted by molar-refractivity contribution is 7.99. The zero-order chi connectivity index (χ0) is 20.3. The second kappa shape index (κ2) is 8.44. The Hall–Kier alpha value is -2.86. The van der Waals surface area contributed by atoms with Crippen molar-refractivity contribution in [3.8, 4) is 11.4 Å². The van der Waals surface area contributed by atoms with E-state index in [0.717, 1.165) is 28.5 Å². The lowest BCUT2D eigenvalue weighted by Crippen LogP contribution is -2.21. The number of ketones is 1. The van der Waals surface area contributed by atoms with E-state index >= 15 is 0 Å². The number of benzene rings is 2. The first kappa shape index (κ1) is 19.9. The van der Waals surface area contributed by atoms with Gasteiger partial charge in [-0.1, -0.05) is 35.5 Å². The first-order chi connectivity index (χ1) is 13.4. The lowest BCUT2D eigenvalue weighted by atomic mass is 10.0. The van der Waals surface area contributed by atoms with Crippen LogP contribution in [0.5, 0.6) is 5.75 Å². The summed E-state index contributed by atoms with van der Waals surface area (Å²) in [5.74, 6) is 0.735. The highest BCUT2D eigenvalue weighted by Crippen LogP contribution is 2.23. The molecule has 0 unspecified atom stereocenters. The van der Waals surface area contributed by atoms with E-state index in [1.165, 1.54) is 4.57 Å². The standard InChI is InChI=1S/C22H22N2O3S/c1-14-5-7-16(3)17(11-14)19(25)13-28-21-22(26)24(10-9-23-21)18-12-15(2)6-8-20(18)27-4/h5-12H,13H2,1-4H3. The monoisotopic (exact) mass is 394 g/mol. The Balaban J connectivity index is 1.88. The van der Waals surface area contributed by atoms with Gasteiger partial charge in [0.15, 0.2) is 10.8 Å². The number of Topliss-reactive ketones (excluding diaryl/α,β-unsaturated/α-hetero) is 1. The molecule has 1 aromatic heterocycles. The molecular weight excluding hydrogens is 372 g/mol. The van der Waals surface area contributed by atoms with Crippen LogP contribution < -0.4 is 10.3 Å². The molecule has 3 rings (SSSR count). The van der Waals surface area contributed by atoms with E-state index in [9.17, 15) is 9.59 Å². The van der Waals surface area contributed by atoms with Crippen molar-refractivity contribution in [2.24, 2.45) is 0 Å². The summed E-state index contributed by atoms with van der Waals surface area (Å²) >= 11 is 1.16. The second-order valence-corrected chi connectivity index (χ2v) is 7.58. The number of hydrogen-bond acceptors (Lipinski definition) is 5. The minimum Gasteiger partial charge on any atom is -0.495 e. The summed E-state index contributed by atoms with van der Waals surface area (Å²) < 4.78 is 6.89. The van der Waals surface area contributed by atoms with Crippen LogP contribution >= 0.6 is 11.8 Å². The van der Waals surface area contributed by atoms with Crippen LogP contribution in [0.3, 0.4) is 0 Å². The Morgan fingerprint density at radius 3 is 2.57 bits per heavy atom. The van der Waals surface area contributed by atoms with Gasteiger partial charge < -0.3 is 4.74 Å². The third-order valence-electron chi connectivity index (χ3n) is 4.44. The molecule has 0 atom stereocenters. The van der Waals surface area contributed by atoms with Crippen LogP contribution in [0.4, 0.5) is 0 Å². The molecule has 0 saturated carbocycles. The molecule has 6 heteroatoms. The molecule has 1 heterocycles. The van der Waals surface area contributed by atoms with Crippen molar-refractivity contribution in [3.63, 3.8) is 0 Å².